The first-order valence-electron chi connectivity index (χ1n) is 6.00. The summed E-state index contributed by atoms with van der Waals surface area (Å²) in [5.74, 6) is -0.481. The monoisotopic (exact) mass is 342 g/mol. The van der Waals surface area contributed by atoms with Crippen LogP contribution < -0.4 is 9.47 Å². The Morgan fingerprint density at radius 1 is 1.13 bits per heavy atom. The van der Waals surface area contributed by atoms with Gasteiger partial charge < -0.3 is 14.2 Å². The summed E-state index contributed by atoms with van der Waals surface area (Å²) in [4.78, 5) is 31.6. The lowest BCUT2D eigenvalue weighted by molar-refractivity contribution is -0.423. The average Bonchev–Trinajstić information content (AvgIpc) is 2.93. The molecule has 0 saturated carbocycles. The lowest BCUT2D eigenvalue weighted by Gasteiger charge is -2.08. The minimum Gasteiger partial charge on any atom is -0.489 e. The average molecular weight is 342 g/mol. The van der Waals surface area contributed by atoms with Crippen molar-refractivity contribution >= 4 is 39.3 Å². The third-order valence-corrected chi connectivity index (χ3v) is 4.06. The maximum atomic E-state index is 11.3. The molecule has 1 aromatic heterocycles. The highest BCUT2D eigenvalue weighted by Gasteiger charge is 2.38. The third kappa shape index (κ3) is 2.73. The number of nitro groups is 2. The Morgan fingerprint density at radius 2 is 1.70 bits per heavy atom. The van der Waals surface area contributed by atoms with E-state index in [2.05, 4.69) is 4.74 Å². The Morgan fingerprint density at radius 3 is 2.17 bits per heavy atom. The van der Waals surface area contributed by atoms with E-state index in [-0.39, 0.29) is 30.0 Å². The molecule has 0 atom stereocenters. The van der Waals surface area contributed by atoms with Crippen LogP contribution in [0.3, 0.4) is 0 Å². The Balaban J connectivity index is 2.91. The van der Waals surface area contributed by atoms with Gasteiger partial charge in [0.05, 0.1) is 28.8 Å². The largest absolute Gasteiger partial charge is 0.489 e. The molecular weight excluding hydrogens is 332 g/mol. The molecule has 2 rings (SSSR count). The molecule has 2 aromatic rings. The second-order valence-corrected chi connectivity index (χ2v) is 5.28. The summed E-state index contributed by atoms with van der Waals surface area (Å²) in [6.45, 7) is 0.181. The number of methoxy groups -OCH3 is 2. The molecule has 122 valence electrons. The number of fused-ring (bicyclic) bond motifs is 1. The van der Waals surface area contributed by atoms with Crippen LogP contribution in [0.4, 0.5) is 11.4 Å². The number of nitrogens with zero attached hydrogens (tertiary/aromatic N) is 2. The Kier molecular flexibility index (Phi) is 4.60. The molecule has 0 spiro atoms. The molecule has 0 bridgehead atoms. The normalized spacial score (nSPS) is 10.3. The van der Waals surface area contributed by atoms with Crippen molar-refractivity contribution in [2.75, 3.05) is 14.2 Å². The molecule has 23 heavy (non-hydrogen) atoms. The molecule has 11 heteroatoms. The van der Waals surface area contributed by atoms with E-state index >= 15 is 0 Å². The van der Waals surface area contributed by atoms with Crippen molar-refractivity contribution in [2.45, 2.75) is 6.61 Å². The number of ether oxygens (including phenoxy) is 3. The Hall–Kier alpha value is -2.95. The van der Waals surface area contributed by atoms with Gasteiger partial charge in [0.25, 0.3) is 6.47 Å². The van der Waals surface area contributed by atoms with Gasteiger partial charge in [0.1, 0.15) is 6.61 Å². The van der Waals surface area contributed by atoms with Crippen molar-refractivity contribution in [1.29, 1.82) is 0 Å². The minimum atomic E-state index is -0.891. The fraction of sp³-hybridized carbons (Fsp3) is 0.250. The summed E-state index contributed by atoms with van der Waals surface area (Å²) < 4.78 is 15.0. The van der Waals surface area contributed by atoms with Gasteiger partial charge >= 0.3 is 11.4 Å². The fourth-order valence-corrected chi connectivity index (χ4v) is 3.25. The van der Waals surface area contributed by atoms with E-state index in [1.54, 1.807) is 0 Å². The summed E-state index contributed by atoms with van der Waals surface area (Å²) in [5, 5.41) is 22.9. The van der Waals surface area contributed by atoms with Gasteiger partial charge in [-0.2, -0.15) is 0 Å². The zero-order valence-corrected chi connectivity index (χ0v) is 12.7. The molecule has 0 aliphatic carbocycles. The molecule has 0 unspecified atom stereocenters. The zero-order chi connectivity index (χ0) is 17.1. The maximum absolute atomic E-state index is 11.3. The van der Waals surface area contributed by atoms with E-state index in [0.29, 0.717) is 9.58 Å². The highest BCUT2D eigenvalue weighted by molar-refractivity contribution is 7.19. The Bertz CT molecular complexity index is 741. The predicted molar refractivity (Wildman–Crippen MR) is 79.1 cm³/mol. The topological polar surface area (TPSA) is 131 Å². The van der Waals surface area contributed by atoms with Gasteiger partial charge in [-0.15, -0.1) is 11.3 Å². The summed E-state index contributed by atoms with van der Waals surface area (Å²) in [6, 6.07) is 1.50. The number of hydrogen-bond donors (Lipinski definition) is 0. The standard InChI is InChI=1S/C12H10N2O8S/c1-20-10-7-3-6(4-22-5-15)23-12(7)11(21-2)9(14(18)19)8(10)13(16)17/h3,5H,4H2,1-2H3. The second kappa shape index (κ2) is 6.44. The number of thiophene rings is 1. The minimum absolute atomic E-state index is 0.0727. The van der Waals surface area contributed by atoms with Gasteiger partial charge in [0, 0.05) is 10.3 Å². The molecule has 0 fully saturated rings. The van der Waals surface area contributed by atoms with Crippen LogP contribution in [-0.4, -0.2) is 30.5 Å². The first kappa shape index (κ1) is 16.4. The van der Waals surface area contributed by atoms with Crippen LogP contribution in [-0.2, 0) is 16.1 Å². The SMILES string of the molecule is COc1c([N+](=O)[O-])c([N+](=O)[O-])c(OC)c2sc(COC=O)cc12. The molecule has 0 saturated heterocycles. The Labute approximate surface area is 132 Å². The van der Waals surface area contributed by atoms with Crippen molar-refractivity contribution in [2.24, 2.45) is 0 Å². The first-order valence-corrected chi connectivity index (χ1v) is 6.82. The summed E-state index contributed by atoms with van der Waals surface area (Å²) in [5.41, 5.74) is -1.57. The third-order valence-electron chi connectivity index (χ3n) is 2.96. The van der Waals surface area contributed by atoms with Gasteiger partial charge in [-0.3, -0.25) is 25.0 Å². The van der Waals surface area contributed by atoms with Gasteiger partial charge in [-0.1, -0.05) is 0 Å². The molecule has 1 heterocycles. The number of nitro benzene ring substituents is 2. The van der Waals surface area contributed by atoms with E-state index in [9.17, 15) is 25.0 Å². The van der Waals surface area contributed by atoms with Crippen LogP contribution in [0.15, 0.2) is 6.07 Å². The number of carbonyl (C=O) groups is 1. The molecule has 0 radical (unpaired) electrons. The first-order chi connectivity index (χ1) is 11.0. The van der Waals surface area contributed by atoms with E-state index in [0.717, 1.165) is 11.3 Å². The molecule has 0 amide bonds. The predicted octanol–water partition coefficient (Wildman–Crippen LogP) is 2.41. The van der Waals surface area contributed by atoms with Crippen molar-refractivity contribution in [1.82, 2.24) is 0 Å². The van der Waals surface area contributed by atoms with Crippen LogP contribution in [0.2, 0.25) is 0 Å². The van der Waals surface area contributed by atoms with Crippen LogP contribution >= 0.6 is 11.3 Å². The smallest absolute Gasteiger partial charge is 0.392 e. The van der Waals surface area contributed by atoms with E-state index in [1.165, 1.54) is 20.3 Å². The lowest BCUT2D eigenvalue weighted by Crippen LogP contribution is -2.02. The van der Waals surface area contributed by atoms with Crippen molar-refractivity contribution < 1.29 is 28.9 Å². The summed E-state index contributed by atoms with van der Waals surface area (Å²) >= 11 is 1.05. The van der Waals surface area contributed by atoms with Crippen LogP contribution in [0.25, 0.3) is 10.1 Å². The quantitative estimate of drug-likeness (QED) is 0.426. The van der Waals surface area contributed by atoms with E-state index in [1.807, 2.05) is 0 Å². The van der Waals surface area contributed by atoms with Crippen LogP contribution in [0.1, 0.15) is 4.88 Å². The van der Waals surface area contributed by atoms with Crippen molar-refractivity contribution in [3.05, 3.63) is 31.2 Å². The fourth-order valence-electron chi connectivity index (χ4n) is 2.15. The number of rotatable bonds is 7. The lowest BCUT2D eigenvalue weighted by atomic mass is 10.1. The van der Waals surface area contributed by atoms with Crippen LogP contribution in [0.5, 0.6) is 11.5 Å². The van der Waals surface area contributed by atoms with Gasteiger partial charge in [0.2, 0.25) is 11.5 Å². The maximum Gasteiger partial charge on any atom is 0.392 e. The van der Waals surface area contributed by atoms with Crippen molar-refractivity contribution in [3.63, 3.8) is 0 Å². The van der Waals surface area contributed by atoms with Crippen molar-refractivity contribution in [3.8, 4) is 11.5 Å². The molecule has 10 nitrogen and oxygen atoms in total. The molecule has 0 aliphatic heterocycles. The number of hydrogen-bond acceptors (Lipinski definition) is 9. The van der Waals surface area contributed by atoms with Crippen LogP contribution in [0, 0.1) is 20.2 Å². The molecule has 1 aromatic carbocycles. The summed E-state index contributed by atoms with van der Waals surface area (Å²) in [7, 11) is 2.36. The molecular formula is C12H10N2O8S. The zero-order valence-electron chi connectivity index (χ0n) is 11.9. The molecule has 0 N–H and O–H groups in total. The van der Waals surface area contributed by atoms with E-state index < -0.39 is 21.2 Å². The number of carbonyl (C=O) groups excluding carboxylic acids is 1. The summed E-state index contributed by atoms with van der Waals surface area (Å²) in [6.07, 6.45) is 0. The highest BCUT2D eigenvalue weighted by Crippen LogP contribution is 2.52. The number of benzene rings is 1. The van der Waals surface area contributed by atoms with Gasteiger partial charge in [0.15, 0.2) is 0 Å². The van der Waals surface area contributed by atoms with Gasteiger partial charge in [-0.25, -0.2) is 0 Å². The second-order valence-electron chi connectivity index (χ2n) is 4.14. The van der Waals surface area contributed by atoms with E-state index in [4.69, 9.17) is 9.47 Å². The highest BCUT2D eigenvalue weighted by atomic mass is 32.1. The molecule has 0 aliphatic rings. The van der Waals surface area contributed by atoms with Gasteiger partial charge in [-0.05, 0) is 6.07 Å².